The quantitative estimate of drug-likeness (QED) is 0.790. The first-order chi connectivity index (χ1) is 10.2. The maximum absolute atomic E-state index is 6.06. The van der Waals surface area contributed by atoms with Gasteiger partial charge in [-0.3, -0.25) is 0 Å². The summed E-state index contributed by atoms with van der Waals surface area (Å²) in [6, 6.07) is 13.3. The first-order valence-corrected chi connectivity index (χ1v) is 7.01. The second kappa shape index (κ2) is 7.43. The summed E-state index contributed by atoms with van der Waals surface area (Å²) in [5.74, 6) is 2.14. The van der Waals surface area contributed by atoms with E-state index in [9.17, 15) is 0 Å². The third kappa shape index (κ3) is 4.05. The number of nitrogens with two attached hydrogens (primary N) is 1. The van der Waals surface area contributed by atoms with Gasteiger partial charge in [0.05, 0.1) is 13.7 Å². The summed E-state index contributed by atoms with van der Waals surface area (Å²) >= 11 is 0. The first-order valence-electron chi connectivity index (χ1n) is 7.01. The van der Waals surface area contributed by atoms with E-state index >= 15 is 0 Å². The summed E-state index contributed by atoms with van der Waals surface area (Å²) in [6.07, 6.45) is 0.941. The van der Waals surface area contributed by atoms with E-state index in [-0.39, 0.29) is 0 Å². The van der Waals surface area contributed by atoms with Crippen LogP contribution in [0.5, 0.6) is 17.2 Å². The highest BCUT2D eigenvalue weighted by molar-refractivity contribution is 5.62. The minimum atomic E-state index is 0.450. The Morgan fingerprint density at radius 3 is 2.24 bits per heavy atom. The molecular weight excluding hydrogens is 266 g/mol. The number of benzene rings is 2. The topological polar surface area (TPSA) is 53.7 Å². The molecule has 2 aromatic rings. The molecule has 0 radical (unpaired) electrons. The summed E-state index contributed by atoms with van der Waals surface area (Å²) in [5, 5.41) is 0. The highest BCUT2D eigenvalue weighted by Gasteiger charge is 2.07. The Balaban J connectivity index is 2.01. The predicted octanol–water partition coefficient (Wildman–Crippen LogP) is 3.65. The van der Waals surface area contributed by atoms with Crippen molar-refractivity contribution in [2.45, 2.75) is 20.0 Å². The molecule has 0 aliphatic carbocycles. The number of nitrogen functional groups attached to an aromatic ring is 1. The Bertz CT molecular complexity index is 567. The zero-order chi connectivity index (χ0) is 15.1. The van der Waals surface area contributed by atoms with Gasteiger partial charge in [0.1, 0.15) is 29.5 Å². The molecule has 0 amide bonds. The monoisotopic (exact) mass is 287 g/mol. The second-order valence-electron chi connectivity index (χ2n) is 4.65. The zero-order valence-corrected chi connectivity index (χ0v) is 12.5. The molecule has 0 heterocycles. The molecule has 2 N–H and O–H groups in total. The van der Waals surface area contributed by atoms with Crippen LogP contribution in [0, 0.1) is 0 Å². The fourth-order valence-electron chi connectivity index (χ4n) is 1.87. The number of rotatable bonds is 7. The molecule has 21 heavy (non-hydrogen) atoms. The SMILES string of the molecule is CCCOc1cccc(OCc2ccc(OC)cc2)c1N. The lowest BCUT2D eigenvalue weighted by Gasteiger charge is -2.13. The lowest BCUT2D eigenvalue weighted by molar-refractivity contribution is 0.298. The third-order valence-electron chi connectivity index (χ3n) is 3.04. The number of ether oxygens (including phenoxy) is 3. The maximum Gasteiger partial charge on any atom is 0.146 e. The van der Waals surface area contributed by atoms with E-state index < -0.39 is 0 Å². The fraction of sp³-hybridized carbons (Fsp3) is 0.294. The molecule has 0 atom stereocenters. The van der Waals surface area contributed by atoms with E-state index in [2.05, 4.69) is 6.92 Å². The largest absolute Gasteiger partial charge is 0.497 e. The standard InChI is InChI=1S/C17H21NO3/c1-3-11-20-15-5-4-6-16(17(15)18)21-12-13-7-9-14(19-2)10-8-13/h4-10H,3,11-12,18H2,1-2H3. The fourth-order valence-corrected chi connectivity index (χ4v) is 1.87. The number of anilines is 1. The number of hydrogen-bond acceptors (Lipinski definition) is 4. The zero-order valence-electron chi connectivity index (χ0n) is 12.5. The Labute approximate surface area is 125 Å². The van der Waals surface area contributed by atoms with Crippen molar-refractivity contribution in [2.75, 3.05) is 19.5 Å². The third-order valence-corrected chi connectivity index (χ3v) is 3.04. The van der Waals surface area contributed by atoms with Gasteiger partial charge in [-0.2, -0.15) is 0 Å². The molecule has 0 saturated heterocycles. The number of para-hydroxylation sites is 1. The highest BCUT2D eigenvalue weighted by atomic mass is 16.5. The second-order valence-corrected chi connectivity index (χ2v) is 4.65. The summed E-state index contributed by atoms with van der Waals surface area (Å²) < 4.78 is 16.5. The van der Waals surface area contributed by atoms with Crippen LogP contribution < -0.4 is 19.9 Å². The van der Waals surface area contributed by atoms with Gasteiger partial charge in [-0.25, -0.2) is 0 Å². The Hall–Kier alpha value is -2.36. The molecule has 0 fully saturated rings. The van der Waals surface area contributed by atoms with Crippen molar-refractivity contribution < 1.29 is 14.2 Å². The van der Waals surface area contributed by atoms with Gasteiger partial charge >= 0.3 is 0 Å². The molecule has 0 aliphatic rings. The Kier molecular flexibility index (Phi) is 5.32. The predicted molar refractivity (Wildman–Crippen MR) is 84.0 cm³/mol. The van der Waals surface area contributed by atoms with Crippen molar-refractivity contribution >= 4 is 5.69 Å². The molecule has 2 rings (SSSR count). The van der Waals surface area contributed by atoms with Crippen LogP contribution in [-0.2, 0) is 6.61 Å². The Morgan fingerprint density at radius 1 is 0.952 bits per heavy atom. The van der Waals surface area contributed by atoms with Crippen molar-refractivity contribution in [1.29, 1.82) is 0 Å². The summed E-state index contributed by atoms with van der Waals surface area (Å²) in [5.41, 5.74) is 7.66. The molecule has 4 heteroatoms. The molecular formula is C17H21NO3. The first kappa shape index (κ1) is 15.0. The maximum atomic E-state index is 6.06. The molecule has 112 valence electrons. The highest BCUT2D eigenvalue weighted by Crippen LogP contribution is 2.32. The van der Waals surface area contributed by atoms with Crippen LogP contribution >= 0.6 is 0 Å². The van der Waals surface area contributed by atoms with Crippen LogP contribution in [0.4, 0.5) is 5.69 Å². The van der Waals surface area contributed by atoms with E-state index in [0.717, 1.165) is 17.7 Å². The van der Waals surface area contributed by atoms with E-state index in [1.807, 2.05) is 42.5 Å². The van der Waals surface area contributed by atoms with E-state index in [1.165, 1.54) is 0 Å². The molecule has 0 aliphatic heterocycles. The van der Waals surface area contributed by atoms with Crippen molar-refractivity contribution in [1.82, 2.24) is 0 Å². The lowest BCUT2D eigenvalue weighted by atomic mass is 10.2. The van der Waals surface area contributed by atoms with Gasteiger partial charge in [0.2, 0.25) is 0 Å². The molecule has 0 saturated carbocycles. The van der Waals surface area contributed by atoms with Gasteiger partial charge in [0, 0.05) is 0 Å². The summed E-state index contributed by atoms with van der Waals surface area (Å²) in [6.45, 7) is 3.15. The van der Waals surface area contributed by atoms with Crippen molar-refractivity contribution in [2.24, 2.45) is 0 Å². The van der Waals surface area contributed by atoms with Gasteiger partial charge in [-0.1, -0.05) is 25.1 Å². The van der Waals surface area contributed by atoms with E-state index in [1.54, 1.807) is 7.11 Å². The normalized spacial score (nSPS) is 10.2. The molecule has 4 nitrogen and oxygen atoms in total. The van der Waals surface area contributed by atoms with Crippen molar-refractivity contribution in [3.8, 4) is 17.2 Å². The number of hydrogen-bond donors (Lipinski definition) is 1. The molecule has 0 bridgehead atoms. The van der Waals surface area contributed by atoms with Crippen LogP contribution in [0.1, 0.15) is 18.9 Å². The van der Waals surface area contributed by atoms with Crippen molar-refractivity contribution in [3.05, 3.63) is 48.0 Å². The van der Waals surface area contributed by atoms with E-state index in [4.69, 9.17) is 19.9 Å². The molecule has 2 aromatic carbocycles. The van der Waals surface area contributed by atoms with Crippen LogP contribution in [0.25, 0.3) is 0 Å². The number of methoxy groups -OCH3 is 1. The molecule has 0 aromatic heterocycles. The minimum Gasteiger partial charge on any atom is -0.497 e. The van der Waals surface area contributed by atoms with Crippen LogP contribution in [0.2, 0.25) is 0 Å². The van der Waals surface area contributed by atoms with Gasteiger partial charge in [0.15, 0.2) is 0 Å². The van der Waals surface area contributed by atoms with E-state index in [0.29, 0.717) is 30.4 Å². The van der Waals surface area contributed by atoms with Gasteiger partial charge < -0.3 is 19.9 Å². The lowest BCUT2D eigenvalue weighted by Crippen LogP contribution is -2.02. The van der Waals surface area contributed by atoms with Gasteiger partial charge in [-0.05, 0) is 36.2 Å². The van der Waals surface area contributed by atoms with Gasteiger partial charge in [-0.15, -0.1) is 0 Å². The summed E-state index contributed by atoms with van der Waals surface area (Å²) in [4.78, 5) is 0. The Morgan fingerprint density at radius 2 is 1.62 bits per heavy atom. The van der Waals surface area contributed by atoms with Crippen LogP contribution in [0.3, 0.4) is 0 Å². The minimum absolute atomic E-state index is 0.450. The van der Waals surface area contributed by atoms with Crippen LogP contribution in [0.15, 0.2) is 42.5 Å². The molecule has 0 unspecified atom stereocenters. The molecule has 0 spiro atoms. The van der Waals surface area contributed by atoms with Crippen LogP contribution in [-0.4, -0.2) is 13.7 Å². The average Bonchev–Trinajstić information content (AvgIpc) is 2.53. The summed E-state index contributed by atoms with van der Waals surface area (Å²) in [7, 11) is 1.65. The van der Waals surface area contributed by atoms with Gasteiger partial charge in [0.25, 0.3) is 0 Å². The van der Waals surface area contributed by atoms with Crippen molar-refractivity contribution in [3.63, 3.8) is 0 Å². The average molecular weight is 287 g/mol. The smallest absolute Gasteiger partial charge is 0.146 e.